The van der Waals surface area contributed by atoms with Crippen molar-refractivity contribution in [1.82, 2.24) is 15.1 Å². The van der Waals surface area contributed by atoms with Crippen molar-refractivity contribution in [2.45, 2.75) is 13.5 Å². The molecule has 0 fully saturated rings. The van der Waals surface area contributed by atoms with Crippen molar-refractivity contribution in [3.63, 3.8) is 0 Å². The van der Waals surface area contributed by atoms with Crippen molar-refractivity contribution in [2.75, 3.05) is 5.32 Å². The molecule has 0 unspecified atom stereocenters. The first-order valence-corrected chi connectivity index (χ1v) is 5.84. The molecule has 0 amide bonds. The molecule has 0 aliphatic carbocycles. The summed E-state index contributed by atoms with van der Waals surface area (Å²) in [6, 6.07) is 7.74. The summed E-state index contributed by atoms with van der Waals surface area (Å²) >= 11 is 0. The molecular weight excluding hydrogens is 244 g/mol. The third-order valence-electron chi connectivity index (χ3n) is 2.62. The molecule has 1 N–H and O–H groups in total. The van der Waals surface area contributed by atoms with E-state index in [0.717, 1.165) is 17.0 Å². The molecule has 2 aromatic heterocycles. The summed E-state index contributed by atoms with van der Waals surface area (Å²) in [6.45, 7) is 2.34. The number of hydrogen-bond donors (Lipinski definition) is 1. The number of benzene rings is 1. The molecule has 0 bridgehead atoms. The Morgan fingerprint density at radius 1 is 1.26 bits per heavy atom. The Morgan fingerprint density at radius 2 is 2.16 bits per heavy atom. The fourth-order valence-electron chi connectivity index (χ4n) is 1.74. The molecule has 3 aromatic rings. The van der Waals surface area contributed by atoms with Crippen LogP contribution in [0, 0.1) is 6.92 Å². The third-order valence-corrected chi connectivity index (χ3v) is 2.62. The number of rotatable bonds is 4. The van der Waals surface area contributed by atoms with Gasteiger partial charge in [-0.3, -0.25) is 0 Å². The zero-order valence-electron chi connectivity index (χ0n) is 10.3. The number of para-hydroxylation sites is 1. The van der Waals surface area contributed by atoms with Gasteiger partial charge in [-0.05, 0) is 19.1 Å². The van der Waals surface area contributed by atoms with Crippen molar-refractivity contribution in [1.29, 1.82) is 0 Å². The van der Waals surface area contributed by atoms with E-state index in [2.05, 4.69) is 20.4 Å². The van der Waals surface area contributed by atoms with Crippen LogP contribution < -0.4 is 5.32 Å². The zero-order valence-corrected chi connectivity index (χ0v) is 10.3. The van der Waals surface area contributed by atoms with Crippen LogP contribution in [0.4, 0.5) is 5.69 Å². The van der Waals surface area contributed by atoms with E-state index < -0.39 is 0 Å². The standard InChI is InChI=1S/C13H12N4O2/c1-9-16-13(19-17-9)11-4-2-3-5-12(11)15-7-10-6-14-8-18-10/h2-6,8,15H,7H2,1H3. The van der Waals surface area contributed by atoms with Gasteiger partial charge >= 0.3 is 0 Å². The molecule has 96 valence electrons. The first kappa shape index (κ1) is 11.5. The van der Waals surface area contributed by atoms with Crippen LogP contribution in [0.5, 0.6) is 0 Å². The van der Waals surface area contributed by atoms with Crippen LogP contribution in [0.2, 0.25) is 0 Å². The zero-order chi connectivity index (χ0) is 13.1. The molecule has 0 spiro atoms. The normalized spacial score (nSPS) is 10.6. The van der Waals surface area contributed by atoms with Gasteiger partial charge in [-0.2, -0.15) is 4.98 Å². The van der Waals surface area contributed by atoms with Crippen LogP contribution in [0.15, 0.2) is 45.8 Å². The fourth-order valence-corrected chi connectivity index (χ4v) is 1.74. The quantitative estimate of drug-likeness (QED) is 0.773. The monoisotopic (exact) mass is 256 g/mol. The highest BCUT2D eigenvalue weighted by Crippen LogP contribution is 2.26. The van der Waals surface area contributed by atoms with Crippen molar-refractivity contribution in [3.05, 3.63) is 48.4 Å². The molecule has 3 rings (SSSR count). The van der Waals surface area contributed by atoms with E-state index in [1.807, 2.05) is 24.3 Å². The lowest BCUT2D eigenvalue weighted by Crippen LogP contribution is -1.99. The number of nitrogens with zero attached hydrogens (tertiary/aromatic N) is 3. The number of oxazole rings is 1. The lowest BCUT2D eigenvalue weighted by atomic mass is 10.1. The smallest absolute Gasteiger partial charge is 0.260 e. The summed E-state index contributed by atoms with van der Waals surface area (Å²) in [5.74, 6) is 1.87. The number of aryl methyl sites for hydroxylation is 1. The van der Waals surface area contributed by atoms with Crippen LogP contribution in [-0.4, -0.2) is 15.1 Å². The molecule has 0 aliphatic heterocycles. The van der Waals surface area contributed by atoms with Gasteiger partial charge in [0.1, 0.15) is 5.76 Å². The van der Waals surface area contributed by atoms with E-state index in [1.165, 1.54) is 6.39 Å². The minimum absolute atomic E-state index is 0.498. The van der Waals surface area contributed by atoms with Gasteiger partial charge in [-0.25, -0.2) is 4.98 Å². The van der Waals surface area contributed by atoms with Crippen LogP contribution >= 0.6 is 0 Å². The third kappa shape index (κ3) is 2.47. The van der Waals surface area contributed by atoms with Crippen molar-refractivity contribution in [2.24, 2.45) is 0 Å². The maximum absolute atomic E-state index is 5.19. The van der Waals surface area contributed by atoms with Gasteiger partial charge < -0.3 is 14.3 Å². The predicted octanol–water partition coefficient (Wildman–Crippen LogP) is 2.65. The highest BCUT2D eigenvalue weighted by atomic mass is 16.5. The highest BCUT2D eigenvalue weighted by molar-refractivity contribution is 5.72. The van der Waals surface area contributed by atoms with Crippen LogP contribution in [0.1, 0.15) is 11.6 Å². The first-order valence-electron chi connectivity index (χ1n) is 5.84. The topological polar surface area (TPSA) is 77.0 Å². The Morgan fingerprint density at radius 3 is 2.89 bits per heavy atom. The molecule has 0 saturated heterocycles. The summed E-state index contributed by atoms with van der Waals surface area (Å²) < 4.78 is 10.4. The van der Waals surface area contributed by atoms with Crippen molar-refractivity contribution < 1.29 is 8.94 Å². The minimum atomic E-state index is 0.498. The Kier molecular flexibility index (Phi) is 2.97. The van der Waals surface area contributed by atoms with Crippen LogP contribution in [0.3, 0.4) is 0 Å². The van der Waals surface area contributed by atoms with Crippen molar-refractivity contribution in [3.8, 4) is 11.5 Å². The summed E-state index contributed by atoms with van der Waals surface area (Å²) in [6.07, 6.45) is 3.08. The second-order valence-electron chi connectivity index (χ2n) is 4.01. The Labute approximate surface area is 109 Å². The summed E-state index contributed by atoms with van der Waals surface area (Å²) in [4.78, 5) is 8.10. The maximum Gasteiger partial charge on any atom is 0.260 e. The lowest BCUT2D eigenvalue weighted by Gasteiger charge is -2.07. The lowest BCUT2D eigenvalue weighted by molar-refractivity contribution is 0.425. The molecule has 0 aliphatic rings. The average Bonchev–Trinajstić information content (AvgIpc) is 3.08. The van der Waals surface area contributed by atoms with Gasteiger partial charge in [-0.1, -0.05) is 17.3 Å². The molecule has 0 radical (unpaired) electrons. The Hall–Kier alpha value is -2.63. The van der Waals surface area contributed by atoms with E-state index in [9.17, 15) is 0 Å². The number of aromatic nitrogens is 3. The summed E-state index contributed by atoms with van der Waals surface area (Å²) in [5, 5.41) is 7.06. The van der Waals surface area contributed by atoms with Crippen LogP contribution in [0.25, 0.3) is 11.5 Å². The summed E-state index contributed by atoms with van der Waals surface area (Å²) in [7, 11) is 0. The molecular formula is C13H12N4O2. The molecule has 0 atom stereocenters. The molecule has 6 nitrogen and oxygen atoms in total. The van der Waals surface area contributed by atoms with E-state index in [0.29, 0.717) is 18.3 Å². The molecule has 1 aromatic carbocycles. The number of nitrogens with one attached hydrogen (secondary N) is 1. The SMILES string of the molecule is Cc1noc(-c2ccccc2NCc2cnco2)n1. The molecule has 19 heavy (non-hydrogen) atoms. The van der Waals surface area contributed by atoms with Gasteiger partial charge in [0.2, 0.25) is 0 Å². The summed E-state index contributed by atoms with van der Waals surface area (Å²) in [5.41, 5.74) is 1.77. The maximum atomic E-state index is 5.19. The van der Waals surface area contributed by atoms with E-state index in [4.69, 9.17) is 8.94 Å². The van der Waals surface area contributed by atoms with E-state index in [1.54, 1.807) is 13.1 Å². The van der Waals surface area contributed by atoms with E-state index in [-0.39, 0.29) is 0 Å². The predicted molar refractivity (Wildman–Crippen MR) is 68.3 cm³/mol. The van der Waals surface area contributed by atoms with E-state index >= 15 is 0 Å². The van der Waals surface area contributed by atoms with Crippen molar-refractivity contribution >= 4 is 5.69 Å². The second kappa shape index (κ2) is 4.93. The Balaban J connectivity index is 1.85. The van der Waals surface area contributed by atoms with Gasteiger partial charge in [0.25, 0.3) is 5.89 Å². The highest BCUT2D eigenvalue weighted by Gasteiger charge is 2.11. The largest absolute Gasteiger partial charge is 0.447 e. The second-order valence-corrected chi connectivity index (χ2v) is 4.01. The molecule has 6 heteroatoms. The van der Waals surface area contributed by atoms with Gasteiger partial charge in [0.15, 0.2) is 12.2 Å². The number of hydrogen-bond acceptors (Lipinski definition) is 6. The Bertz CT molecular complexity index is 661. The molecule has 2 heterocycles. The van der Waals surface area contributed by atoms with Gasteiger partial charge in [0.05, 0.1) is 18.3 Å². The van der Waals surface area contributed by atoms with Gasteiger partial charge in [0, 0.05) is 5.69 Å². The minimum Gasteiger partial charge on any atom is -0.447 e. The molecule has 0 saturated carbocycles. The van der Waals surface area contributed by atoms with Crippen LogP contribution in [-0.2, 0) is 6.54 Å². The van der Waals surface area contributed by atoms with Gasteiger partial charge in [-0.15, -0.1) is 0 Å². The fraction of sp³-hybridized carbons (Fsp3) is 0.154. The first-order chi connectivity index (χ1) is 9.33. The number of anilines is 1. The average molecular weight is 256 g/mol.